The zero-order valence-corrected chi connectivity index (χ0v) is 18.1. The summed E-state index contributed by atoms with van der Waals surface area (Å²) in [5.74, 6) is 1.71. The number of amides is 1. The molecule has 7 heteroatoms. The second-order valence-electron chi connectivity index (χ2n) is 6.76. The van der Waals surface area contributed by atoms with Crippen molar-refractivity contribution in [1.82, 2.24) is 0 Å². The largest absolute Gasteiger partial charge is 0.497 e. The third kappa shape index (κ3) is 6.13. The Hall–Kier alpha value is -3.22. The summed E-state index contributed by atoms with van der Waals surface area (Å²) in [4.78, 5) is 14.7. The second-order valence-corrected chi connectivity index (χ2v) is 7.20. The fourth-order valence-electron chi connectivity index (χ4n) is 2.94. The molecule has 3 aromatic carbocycles. The van der Waals surface area contributed by atoms with Gasteiger partial charge in [-0.25, -0.2) is 0 Å². The van der Waals surface area contributed by atoms with Crippen molar-refractivity contribution in [1.29, 1.82) is 0 Å². The normalized spacial score (nSPS) is 11.5. The van der Waals surface area contributed by atoms with E-state index in [9.17, 15) is 9.90 Å². The molecule has 0 saturated heterocycles. The maximum absolute atomic E-state index is 13.2. The van der Waals surface area contributed by atoms with Crippen LogP contribution in [0.5, 0.6) is 17.2 Å². The van der Waals surface area contributed by atoms with E-state index in [1.165, 1.54) is 4.90 Å². The molecule has 6 nitrogen and oxygen atoms in total. The molecule has 1 amide bonds. The van der Waals surface area contributed by atoms with Crippen LogP contribution in [0, 0.1) is 0 Å². The lowest BCUT2D eigenvalue weighted by Crippen LogP contribution is -2.40. The van der Waals surface area contributed by atoms with Gasteiger partial charge in [0.2, 0.25) is 0 Å². The summed E-state index contributed by atoms with van der Waals surface area (Å²) in [5.41, 5.74) is 1.09. The van der Waals surface area contributed by atoms with Gasteiger partial charge >= 0.3 is 0 Å². The van der Waals surface area contributed by atoms with Gasteiger partial charge in [-0.15, -0.1) is 0 Å². The van der Waals surface area contributed by atoms with E-state index in [-0.39, 0.29) is 19.1 Å². The number of benzene rings is 3. The molecule has 3 aromatic rings. The molecule has 0 aliphatic rings. The van der Waals surface area contributed by atoms with Gasteiger partial charge in [0, 0.05) is 16.3 Å². The Morgan fingerprint density at radius 3 is 1.94 bits per heavy atom. The van der Waals surface area contributed by atoms with Crippen LogP contribution < -0.4 is 19.1 Å². The molecule has 0 heterocycles. The summed E-state index contributed by atoms with van der Waals surface area (Å²) < 4.78 is 15.9. The van der Waals surface area contributed by atoms with Crippen molar-refractivity contribution in [3.05, 3.63) is 83.4 Å². The van der Waals surface area contributed by atoms with Gasteiger partial charge in [-0.2, -0.15) is 0 Å². The first-order valence-electron chi connectivity index (χ1n) is 9.66. The van der Waals surface area contributed by atoms with Crippen LogP contribution in [0.25, 0.3) is 0 Å². The monoisotopic (exact) mass is 441 g/mol. The SMILES string of the molecule is COc1ccc(OC[C@H](O)CN(C(=O)c2ccc(OC)cc2)c2ccc(Cl)cc2)cc1. The lowest BCUT2D eigenvalue weighted by molar-refractivity contribution is 0.0906. The van der Waals surface area contributed by atoms with Crippen LogP contribution >= 0.6 is 11.6 Å². The predicted octanol–water partition coefficient (Wildman–Crippen LogP) is 4.44. The minimum absolute atomic E-state index is 0.0201. The highest BCUT2D eigenvalue weighted by molar-refractivity contribution is 6.30. The van der Waals surface area contributed by atoms with E-state index >= 15 is 0 Å². The molecule has 0 aliphatic carbocycles. The first-order chi connectivity index (χ1) is 15.0. The number of hydrogen-bond acceptors (Lipinski definition) is 5. The smallest absolute Gasteiger partial charge is 0.258 e. The van der Waals surface area contributed by atoms with Gasteiger partial charge in [-0.1, -0.05) is 11.6 Å². The van der Waals surface area contributed by atoms with Crippen LogP contribution in [0.3, 0.4) is 0 Å². The molecule has 0 aliphatic heterocycles. The molecule has 0 aromatic heterocycles. The predicted molar refractivity (Wildman–Crippen MR) is 121 cm³/mol. The van der Waals surface area contributed by atoms with E-state index in [2.05, 4.69) is 0 Å². The third-order valence-electron chi connectivity index (χ3n) is 4.62. The Morgan fingerprint density at radius 1 is 0.871 bits per heavy atom. The molecular formula is C24H24ClNO5. The van der Waals surface area contributed by atoms with Crippen molar-refractivity contribution in [2.75, 3.05) is 32.3 Å². The maximum Gasteiger partial charge on any atom is 0.258 e. The van der Waals surface area contributed by atoms with Crippen LogP contribution in [0.4, 0.5) is 5.69 Å². The minimum Gasteiger partial charge on any atom is -0.497 e. The molecule has 0 radical (unpaired) electrons. The van der Waals surface area contributed by atoms with Gasteiger partial charge in [0.15, 0.2) is 0 Å². The molecule has 0 spiro atoms. The van der Waals surface area contributed by atoms with E-state index in [0.29, 0.717) is 33.5 Å². The number of ether oxygens (including phenoxy) is 3. The van der Waals surface area contributed by atoms with Gasteiger partial charge in [-0.05, 0) is 72.8 Å². The van der Waals surface area contributed by atoms with Crippen molar-refractivity contribution in [2.24, 2.45) is 0 Å². The molecule has 162 valence electrons. The van der Waals surface area contributed by atoms with Gasteiger partial charge in [0.05, 0.1) is 20.8 Å². The molecule has 1 N–H and O–H groups in total. The fraction of sp³-hybridized carbons (Fsp3) is 0.208. The maximum atomic E-state index is 13.2. The lowest BCUT2D eigenvalue weighted by Gasteiger charge is -2.26. The van der Waals surface area contributed by atoms with Crippen molar-refractivity contribution >= 4 is 23.2 Å². The Kier molecular flexibility index (Phi) is 7.76. The zero-order chi connectivity index (χ0) is 22.2. The van der Waals surface area contributed by atoms with Gasteiger partial charge in [0.25, 0.3) is 5.91 Å². The summed E-state index contributed by atoms with van der Waals surface area (Å²) in [6, 6.07) is 20.7. The number of anilines is 1. The number of aliphatic hydroxyl groups excluding tert-OH is 1. The summed E-state index contributed by atoms with van der Waals surface area (Å²) in [7, 11) is 3.15. The number of halogens is 1. The standard InChI is InChI=1S/C24H24ClNO5/c1-29-21-9-3-17(4-10-21)24(28)26(19-7-5-18(25)6-8-19)15-20(27)16-31-23-13-11-22(30-2)12-14-23/h3-14,20,27H,15-16H2,1-2H3/t20-/m1/s1. The third-order valence-corrected chi connectivity index (χ3v) is 4.87. The summed E-state index contributed by atoms with van der Waals surface area (Å²) in [5, 5.41) is 11.1. The van der Waals surface area contributed by atoms with Crippen LogP contribution in [0.1, 0.15) is 10.4 Å². The quantitative estimate of drug-likeness (QED) is 0.531. The summed E-state index contributed by atoms with van der Waals surface area (Å²) in [6.45, 7) is 0.0644. The highest BCUT2D eigenvalue weighted by atomic mass is 35.5. The average Bonchev–Trinajstić information content (AvgIpc) is 2.82. The molecular weight excluding hydrogens is 418 g/mol. The molecule has 3 rings (SSSR count). The minimum atomic E-state index is -0.917. The summed E-state index contributed by atoms with van der Waals surface area (Å²) >= 11 is 6.00. The fourth-order valence-corrected chi connectivity index (χ4v) is 3.07. The van der Waals surface area contributed by atoms with Crippen LogP contribution in [-0.4, -0.2) is 44.5 Å². The van der Waals surface area contributed by atoms with Crippen molar-refractivity contribution in [3.63, 3.8) is 0 Å². The van der Waals surface area contributed by atoms with E-state index in [4.69, 9.17) is 25.8 Å². The van der Waals surface area contributed by atoms with Crippen molar-refractivity contribution in [2.45, 2.75) is 6.10 Å². The zero-order valence-electron chi connectivity index (χ0n) is 17.3. The molecule has 0 fully saturated rings. The Labute approximate surface area is 186 Å². The molecule has 0 bridgehead atoms. The van der Waals surface area contributed by atoms with Crippen LogP contribution in [-0.2, 0) is 0 Å². The number of nitrogens with zero attached hydrogens (tertiary/aromatic N) is 1. The van der Waals surface area contributed by atoms with Crippen molar-refractivity contribution < 1.29 is 24.1 Å². The second kappa shape index (κ2) is 10.7. The number of methoxy groups -OCH3 is 2. The van der Waals surface area contributed by atoms with Crippen molar-refractivity contribution in [3.8, 4) is 17.2 Å². The highest BCUT2D eigenvalue weighted by Crippen LogP contribution is 2.22. The molecule has 31 heavy (non-hydrogen) atoms. The van der Waals surface area contributed by atoms with Crippen LogP contribution in [0.2, 0.25) is 5.02 Å². The van der Waals surface area contributed by atoms with E-state index in [0.717, 1.165) is 0 Å². The number of carbonyl (C=O) groups excluding carboxylic acids is 1. The molecule has 1 atom stereocenters. The Balaban J connectivity index is 1.73. The molecule has 0 saturated carbocycles. The van der Waals surface area contributed by atoms with Gasteiger partial charge in [-0.3, -0.25) is 4.79 Å². The van der Waals surface area contributed by atoms with E-state index < -0.39 is 6.10 Å². The van der Waals surface area contributed by atoms with Crippen LogP contribution in [0.15, 0.2) is 72.8 Å². The van der Waals surface area contributed by atoms with E-state index in [1.54, 1.807) is 87.0 Å². The Morgan fingerprint density at radius 2 is 1.39 bits per heavy atom. The first-order valence-corrected chi connectivity index (χ1v) is 10.0. The number of rotatable bonds is 9. The average molecular weight is 442 g/mol. The number of aliphatic hydroxyl groups is 1. The topological polar surface area (TPSA) is 68.2 Å². The number of hydrogen-bond donors (Lipinski definition) is 1. The molecule has 0 unspecified atom stereocenters. The lowest BCUT2D eigenvalue weighted by atomic mass is 10.1. The first kappa shape index (κ1) is 22.5. The summed E-state index contributed by atoms with van der Waals surface area (Å²) in [6.07, 6.45) is -0.917. The number of carbonyl (C=O) groups is 1. The van der Waals surface area contributed by atoms with Gasteiger partial charge in [0.1, 0.15) is 30.0 Å². The van der Waals surface area contributed by atoms with E-state index in [1.807, 2.05) is 0 Å². The van der Waals surface area contributed by atoms with Gasteiger partial charge < -0.3 is 24.2 Å². The highest BCUT2D eigenvalue weighted by Gasteiger charge is 2.21. The Bertz CT molecular complexity index is 974.